The van der Waals surface area contributed by atoms with E-state index in [0.29, 0.717) is 29.5 Å². The second-order valence-electron chi connectivity index (χ2n) is 10.6. The van der Waals surface area contributed by atoms with Crippen LogP contribution in [0.3, 0.4) is 0 Å². The van der Waals surface area contributed by atoms with Crippen molar-refractivity contribution < 1.29 is 32.5 Å². The summed E-state index contributed by atoms with van der Waals surface area (Å²) in [6.45, 7) is 4.07. The summed E-state index contributed by atoms with van der Waals surface area (Å²) < 4.78 is 57.1. The number of aromatic amines is 2. The summed E-state index contributed by atoms with van der Waals surface area (Å²) in [4.78, 5) is 22.0. The lowest BCUT2D eigenvalue weighted by molar-refractivity contribution is -0.107. The van der Waals surface area contributed by atoms with E-state index in [1.165, 1.54) is 36.2 Å². The maximum Gasteiger partial charge on any atom is 0.204 e. The van der Waals surface area contributed by atoms with Crippen LogP contribution in [0.4, 0.5) is 13.2 Å². The summed E-state index contributed by atoms with van der Waals surface area (Å²) in [6.07, 6.45) is 7.35. The summed E-state index contributed by atoms with van der Waals surface area (Å²) in [5.74, 6) is -1.84. The Bertz CT molecular complexity index is 1820. The number of para-hydroxylation sites is 1. The Hall–Kier alpha value is -4.22. The normalized spacial score (nSPS) is 17.4. The number of carbonyl (C=O) groups is 1. The third-order valence-electron chi connectivity index (χ3n) is 7.83. The molecule has 0 amide bonds. The molecule has 7 nitrogen and oxygen atoms in total. The Labute approximate surface area is 256 Å². The first-order chi connectivity index (χ1) is 21.2. The Balaban J connectivity index is 0.00000188. The highest BCUT2D eigenvalue weighted by Gasteiger charge is 2.40. The SMILES string of the molecule is CO.CSc1c(Oc2ccc(F)c(-c3ncc([C@@]4(C)CC(C)Oc5c(CCC=O)cccc54)[nH]3)c2)c(F)c(F)c2[nH]ccc12. The van der Waals surface area contributed by atoms with Crippen LogP contribution >= 0.6 is 11.8 Å². The predicted octanol–water partition coefficient (Wildman–Crippen LogP) is 7.71. The fraction of sp³-hybridized carbons (Fsp3) is 0.273. The third kappa shape index (κ3) is 5.46. The van der Waals surface area contributed by atoms with E-state index in [0.717, 1.165) is 36.0 Å². The van der Waals surface area contributed by atoms with Gasteiger partial charge in [0.2, 0.25) is 5.82 Å². The number of aliphatic hydroxyl groups is 1. The fourth-order valence-corrected chi connectivity index (χ4v) is 6.53. The van der Waals surface area contributed by atoms with Crippen molar-refractivity contribution in [1.29, 1.82) is 0 Å². The zero-order valence-electron chi connectivity index (χ0n) is 24.6. The van der Waals surface area contributed by atoms with Gasteiger partial charge in [0.1, 0.15) is 29.4 Å². The maximum atomic E-state index is 15.2. The van der Waals surface area contributed by atoms with Gasteiger partial charge in [-0.3, -0.25) is 0 Å². The van der Waals surface area contributed by atoms with Crippen LogP contribution in [-0.2, 0) is 16.6 Å². The number of hydrogen-bond donors (Lipinski definition) is 3. The van der Waals surface area contributed by atoms with E-state index in [4.69, 9.17) is 14.6 Å². The summed E-state index contributed by atoms with van der Waals surface area (Å²) in [5.41, 5.74) is 2.33. The summed E-state index contributed by atoms with van der Waals surface area (Å²) in [7, 11) is 1.00. The Morgan fingerprint density at radius 3 is 2.73 bits per heavy atom. The molecular formula is C33H32F3N3O4S. The molecule has 0 aliphatic carbocycles. The number of aldehydes is 1. The second-order valence-corrected chi connectivity index (χ2v) is 11.4. The molecule has 44 heavy (non-hydrogen) atoms. The largest absolute Gasteiger partial charge is 0.490 e. The molecule has 2 atom stereocenters. The standard InChI is InChI=1S/C32H28F3N3O3S.CH4O/c1-17-15-32(2,22-8-4-6-18(7-5-13-39)28(22)40-17)24-16-37-31(38-24)21-14-19(9-10-23(21)33)41-29-26(35)25(34)27-20(11-12-36-27)30(29)42-3;1-2/h4,6,8-14,16-17,36H,5,7,15H2,1-3H3,(H,37,38);2H,1H3/t17?,32-;/m0./s1. The second kappa shape index (κ2) is 12.8. The van der Waals surface area contributed by atoms with Crippen molar-refractivity contribution in [3.8, 4) is 28.6 Å². The van der Waals surface area contributed by atoms with E-state index >= 15 is 8.78 Å². The van der Waals surface area contributed by atoms with Crippen molar-refractivity contribution in [1.82, 2.24) is 15.0 Å². The number of ether oxygens (including phenoxy) is 2. The van der Waals surface area contributed by atoms with Gasteiger partial charge in [0.25, 0.3) is 0 Å². The molecule has 0 spiro atoms. The highest BCUT2D eigenvalue weighted by Crippen LogP contribution is 2.47. The Kier molecular flexibility index (Phi) is 9.07. The van der Waals surface area contributed by atoms with Crippen LogP contribution in [0.15, 0.2) is 59.8 Å². The Morgan fingerprint density at radius 1 is 1.18 bits per heavy atom. The number of H-pyrrole nitrogens is 2. The quantitative estimate of drug-likeness (QED) is 0.121. The average molecular weight is 624 g/mol. The van der Waals surface area contributed by atoms with Crippen LogP contribution in [0.25, 0.3) is 22.3 Å². The zero-order valence-corrected chi connectivity index (χ0v) is 25.4. The molecule has 5 aromatic rings. The van der Waals surface area contributed by atoms with E-state index in [2.05, 4.69) is 21.9 Å². The third-order valence-corrected chi connectivity index (χ3v) is 8.65. The highest BCUT2D eigenvalue weighted by atomic mass is 32.2. The van der Waals surface area contributed by atoms with Crippen LogP contribution in [0, 0.1) is 17.5 Å². The minimum absolute atomic E-state index is 0.0560. The molecule has 0 fully saturated rings. The molecule has 2 aromatic heterocycles. The summed E-state index contributed by atoms with van der Waals surface area (Å²) >= 11 is 1.22. The van der Waals surface area contributed by atoms with Gasteiger partial charge in [-0.05, 0) is 62.8 Å². The smallest absolute Gasteiger partial charge is 0.204 e. The van der Waals surface area contributed by atoms with Crippen LogP contribution in [0.2, 0.25) is 0 Å². The van der Waals surface area contributed by atoms with Crippen molar-refractivity contribution in [3.63, 3.8) is 0 Å². The Morgan fingerprint density at radius 2 is 1.98 bits per heavy atom. The van der Waals surface area contributed by atoms with Gasteiger partial charge in [-0.1, -0.05) is 18.2 Å². The van der Waals surface area contributed by atoms with Crippen molar-refractivity contribution in [2.75, 3.05) is 13.4 Å². The minimum Gasteiger partial charge on any atom is -0.490 e. The minimum atomic E-state index is -1.13. The number of halogens is 3. The first-order valence-electron chi connectivity index (χ1n) is 14.0. The predicted molar refractivity (Wildman–Crippen MR) is 164 cm³/mol. The number of aliphatic hydroxyl groups excluding tert-OH is 1. The fourth-order valence-electron chi connectivity index (χ4n) is 5.82. The number of imidazole rings is 1. The maximum absolute atomic E-state index is 15.2. The lowest BCUT2D eigenvalue weighted by Gasteiger charge is -2.39. The van der Waals surface area contributed by atoms with Gasteiger partial charge >= 0.3 is 0 Å². The van der Waals surface area contributed by atoms with Crippen molar-refractivity contribution in [3.05, 3.63) is 89.1 Å². The van der Waals surface area contributed by atoms with Crippen LogP contribution in [0.5, 0.6) is 17.2 Å². The summed E-state index contributed by atoms with van der Waals surface area (Å²) in [6, 6.07) is 11.6. The van der Waals surface area contributed by atoms with E-state index in [1.54, 1.807) is 18.5 Å². The van der Waals surface area contributed by atoms with Crippen LogP contribution in [-0.4, -0.2) is 45.8 Å². The molecular weight excluding hydrogens is 591 g/mol. The lowest BCUT2D eigenvalue weighted by atomic mass is 9.73. The van der Waals surface area contributed by atoms with Crippen molar-refractivity contribution in [2.45, 2.75) is 49.5 Å². The zero-order chi connectivity index (χ0) is 31.6. The molecule has 11 heteroatoms. The number of thioether (sulfide) groups is 1. The number of benzene rings is 3. The molecule has 3 heterocycles. The molecule has 0 saturated carbocycles. The van der Waals surface area contributed by atoms with E-state index in [-0.39, 0.29) is 34.5 Å². The van der Waals surface area contributed by atoms with Gasteiger partial charge < -0.3 is 29.3 Å². The number of fused-ring (bicyclic) bond motifs is 2. The molecule has 6 rings (SSSR count). The topological polar surface area (TPSA) is 100 Å². The number of rotatable bonds is 8. The number of aryl methyl sites for hydroxylation is 1. The molecule has 0 radical (unpaired) electrons. The molecule has 3 N–H and O–H groups in total. The monoisotopic (exact) mass is 623 g/mol. The van der Waals surface area contributed by atoms with Gasteiger partial charge in [0, 0.05) is 48.0 Å². The number of carbonyl (C=O) groups excluding carboxylic acids is 1. The summed E-state index contributed by atoms with van der Waals surface area (Å²) in [5, 5.41) is 7.49. The highest BCUT2D eigenvalue weighted by molar-refractivity contribution is 7.99. The number of nitrogens with one attached hydrogen (secondary N) is 2. The van der Waals surface area contributed by atoms with Crippen molar-refractivity contribution >= 4 is 29.0 Å². The lowest BCUT2D eigenvalue weighted by Crippen LogP contribution is -2.36. The van der Waals surface area contributed by atoms with Gasteiger partial charge in [-0.15, -0.1) is 11.8 Å². The van der Waals surface area contributed by atoms with Gasteiger partial charge in [0.15, 0.2) is 11.6 Å². The van der Waals surface area contributed by atoms with Crippen molar-refractivity contribution in [2.24, 2.45) is 0 Å². The molecule has 3 aromatic carbocycles. The van der Waals surface area contributed by atoms with Gasteiger partial charge in [-0.25, -0.2) is 13.8 Å². The van der Waals surface area contributed by atoms with Gasteiger partial charge in [0.05, 0.1) is 22.1 Å². The molecule has 1 unspecified atom stereocenters. The number of nitrogens with zero attached hydrogens (tertiary/aromatic N) is 1. The molecule has 1 aliphatic rings. The van der Waals surface area contributed by atoms with Gasteiger partial charge in [-0.2, -0.15) is 4.39 Å². The number of hydrogen-bond acceptors (Lipinski definition) is 6. The molecule has 230 valence electrons. The van der Waals surface area contributed by atoms with E-state index < -0.39 is 22.9 Å². The average Bonchev–Trinajstić information content (AvgIpc) is 3.72. The molecule has 0 saturated heterocycles. The molecule has 1 aliphatic heterocycles. The first-order valence-corrected chi connectivity index (χ1v) is 15.2. The first kappa shape index (κ1) is 31.2. The van der Waals surface area contributed by atoms with Crippen LogP contribution in [0.1, 0.15) is 43.5 Å². The van der Waals surface area contributed by atoms with E-state index in [9.17, 15) is 9.18 Å². The molecule has 0 bridgehead atoms. The number of aromatic nitrogens is 3. The van der Waals surface area contributed by atoms with E-state index in [1.807, 2.05) is 25.1 Å². The van der Waals surface area contributed by atoms with Crippen LogP contribution < -0.4 is 9.47 Å².